The number of rotatable bonds is 2. The minimum atomic E-state index is 0.124. The van der Waals surface area contributed by atoms with Gasteiger partial charge in [-0.15, -0.1) is 11.8 Å². The molecule has 1 heterocycles. The van der Waals surface area contributed by atoms with Crippen molar-refractivity contribution in [3.05, 3.63) is 35.4 Å². The number of hydrogen-bond acceptors (Lipinski definition) is 3. The van der Waals surface area contributed by atoms with Crippen LogP contribution >= 0.6 is 23.5 Å². The molecule has 1 nitrogen and oxygen atoms in total. The minimum absolute atomic E-state index is 0.124. The third kappa shape index (κ3) is 3.57. The molecule has 0 aromatic heterocycles. The molecule has 1 aliphatic heterocycles. The summed E-state index contributed by atoms with van der Waals surface area (Å²) >= 11 is 3.73. The van der Waals surface area contributed by atoms with E-state index in [0.717, 1.165) is 11.3 Å². The Morgan fingerprint density at radius 2 is 1.68 bits per heavy atom. The Morgan fingerprint density at radius 1 is 1.11 bits per heavy atom. The number of thioether (sulfide) groups is 2. The van der Waals surface area contributed by atoms with Gasteiger partial charge >= 0.3 is 0 Å². The van der Waals surface area contributed by atoms with Crippen molar-refractivity contribution in [3.8, 4) is 0 Å². The fourth-order valence-electron chi connectivity index (χ4n) is 2.22. The van der Waals surface area contributed by atoms with E-state index in [4.69, 9.17) is 0 Å². The van der Waals surface area contributed by atoms with Crippen LogP contribution in [0, 0.1) is 0 Å². The maximum atomic E-state index is 12.5. The molecule has 0 amide bonds. The van der Waals surface area contributed by atoms with Crippen molar-refractivity contribution in [1.29, 1.82) is 0 Å². The molecule has 1 saturated heterocycles. The molecule has 0 N–H and O–H groups in total. The predicted molar refractivity (Wildman–Crippen MR) is 87.6 cm³/mol. The molecule has 0 spiro atoms. The van der Waals surface area contributed by atoms with E-state index in [1.165, 1.54) is 11.3 Å². The van der Waals surface area contributed by atoms with Crippen molar-refractivity contribution in [2.24, 2.45) is 0 Å². The Morgan fingerprint density at radius 3 is 2.21 bits per heavy atom. The van der Waals surface area contributed by atoms with Gasteiger partial charge in [0.05, 0.1) is 5.25 Å². The normalized spacial score (nSPS) is 24.2. The van der Waals surface area contributed by atoms with Gasteiger partial charge < -0.3 is 0 Å². The maximum absolute atomic E-state index is 12.5. The number of Topliss-reactive ketones (excluding diaryl/α,β-unsaturated/α-hetero) is 1. The van der Waals surface area contributed by atoms with E-state index in [9.17, 15) is 4.79 Å². The van der Waals surface area contributed by atoms with Gasteiger partial charge in [-0.2, -0.15) is 11.8 Å². The molecule has 2 atom stereocenters. The lowest BCUT2D eigenvalue weighted by Gasteiger charge is -2.27. The maximum Gasteiger partial charge on any atom is 0.176 e. The van der Waals surface area contributed by atoms with Crippen LogP contribution in [-0.4, -0.2) is 27.8 Å². The van der Waals surface area contributed by atoms with E-state index >= 15 is 0 Å². The molecule has 0 saturated carbocycles. The number of carbonyl (C=O) groups excluding carboxylic acids is 1. The molecule has 1 aromatic rings. The van der Waals surface area contributed by atoms with Crippen molar-refractivity contribution in [2.45, 2.75) is 43.6 Å². The van der Waals surface area contributed by atoms with Crippen LogP contribution in [0.15, 0.2) is 24.3 Å². The van der Waals surface area contributed by atoms with E-state index in [1.54, 1.807) is 0 Å². The monoisotopic (exact) mass is 294 g/mol. The zero-order valence-electron chi connectivity index (χ0n) is 12.1. The third-order valence-corrected chi connectivity index (χ3v) is 6.57. The first-order valence-electron chi connectivity index (χ1n) is 6.77. The highest BCUT2D eigenvalue weighted by Gasteiger charge is 2.29. The predicted octanol–water partition coefficient (Wildman–Crippen LogP) is 4.40. The van der Waals surface area contributed by atoms with Crippen molar-refractivity contribution >= 4 is 29.3 Å². The smallest absolute Gasteiger partial charge is 0.176 e. The lowest BCUT2D eigenvalue weighted by Crippen LogP contribution is -2.31. The Hall–Kier alpha value is -0.410. The minimum Gasteiger partial charge on any atom is -0.293 e. The number of ketones is 1. The van der Waals surface area contributed by atoms with Gasteiger partial charge in [-0.3, -0.25) is 4.79 Å². The molecule has 1 fully saturated rings. The van der Waals surface area contributed by atoms with Crippen LogP contribution < -0.4 is 0 Å². The highest BCUT2D eigenvalue weighted by Crippen LogP contribution is 2.33. The second-order valence-corrected chi connectivity index (χ2v) is 8.79. The van der Waals surface area contributed by atoms with Crippen LogP contribution in [0.3, 0.4) is 0 Å². The lowest BCUT2D eigenvalue weighted by molar-refractivity contribution is 0.0989. The average molecular weight is 294 g/mol. The number of hydrogen-bond donors (Lipinski definition) is 0. The van der Waals surface area contributed by atoms with Crippen molar-refractivity contribution in [3.63, 3.8) is 0 Å². The van der Waals surface area contributed by atoms with Gasteiger partial charge in [-0.25, -0.2) is 0 Å². The molecule has 1 aliphatic rings. The summed E-state index contributed by atoms with van der Waals surface area (Å²) in [4.78, 5) is 12.5. The third-order valence-electron chi connectivity index (χ3n) is 3.48. The lowest BCUT2D eigenvalue weighted by atomic mass is 9.86. The van der Waals surface area contributed by atoms with Gasteiger partial charge in [0, 0.05) is 22.3 Å². The quantitative estimate of drug-likeness (QED) is 0.752. The van der Waals surface area contributed by atoms with Gasteiger partial charge in [-0.05, 0) is 11.0 Å². The SMILES string of the molecule is CC1SCCSC1C(=O)c1ccc(C(C)(C)C)cc1. The fraction of sp³-hybridized carbons (Fsp3) is 0.562. The molecule has 19 heavy (non-hydrogen) atoms. The molecule has 0 bridgehead atoms. The zero-order valence-corrected chi connectivity index (χ0v) is 13.7. The summed E-state index contributed by atoms with van der Waals surface area (Å²) in [5.41, 5.74) is 2.28. The van der Waals surface area contributed by atoms with E-state index in [2.05, 4.69) is 39.8 Å². The Bertz CT molecular complexity index is 445. The van der Waals surface area contributed by atoms with Gasteiger partial charge in [0.25, 0.3) is 0 Å². The van der Waals surface area contributed by atoms with E-state index < -0.39 is 0 Å². The van der Waals surface area contributed by atoms with Crippen LogP contribution in [0.5, 0.6) is 0 Å². The van der Waals surface area contributed by atoms with E-state index in [1.807, 2.05) is 35.7 Å². The molecule has 0 radical (unpaired) electrons. The summed E-state index contributed by atoms with van der Waals surface area (Å²) in [5.74, 6) is 2.55. The molecular weight excluding hydrogens is 272 g/mol. The van der Waals surface area contributed by atoms with Gasteiger partial charge in [0.2, 0.25) is 0 Å². The zero-order chi connectivity index (χ0) is 14.0. The average Bonchev–Trinajstić information content (AvgIpc) is 2.38. The van der Waals surface area contributed by atoms with Crippen LogP contribution in [0.4, 0.5) is 0 Å². The van der Waals surface area contributed by atoms with Crippen molar-refractivity contribution < 1.29 is 4.79 Å². The first-order valence-corrected chi connectivity index (χ1v) is 8.87. The molecule has 2 unspecified atom stereocenters. The topological polar surface area (TPSA) is 17.1 Å². The first-order chi connectivity index (χ1) is 8.89. The molecular formula is C16H22OS2. The molecule has 3 heteroatoms. The highest BCUT2D eigenvalue weighted by molar-refractivity contribution is 8.07. The van der Waals surface area contributed by atoms with Crippen LogP contribution in [0.25, 0.3) is 0 Å². The molecule has 1 aromatic carbocycles. The summed E-state index contributed by atoms with van der Waals surface area (Å²) in [6.07, 6.45) is 0. The summed E-state index contributed by atoms with van der Waals surface area (Å²) in [5, 5.41) is 0.549. The summed E-state index contributed by atoms with van der Waals surface area (Å²) < 4.78 is 0. The van der Waals surface area contributed by atoms with Gasteiger partial charge in [0.15, 0.2) is 5.78 Å². The fourth-order valence-corrected chi connectivity index (χ4v) is 4.94. The van der Waals surface area contributed by atoms with Crippen LogP contribution in [0.1, 0.15) is 43.6 Å². The summed E-state index contributed by atoms with van der Waals surface area (Å²) in [6, 6.07) is 8.18. The van der Waals surface area contributed by atoms with Gasteiger partial charge in [0.1, 0.15) is 0 Å². The summed E-state index contributed by atoms with van der Waals surface area (Å²) in [7, 11) is 0. The Balaban J connectivity index is 2.15. The summed E-state index contributed by atoms with van der Waals surface area (Å²) in [6.45, 7) is 8.75. The highest BCUT2D eigenvalue weighted by atomic mass is 32.2. The van der Waals surface area contributed by atoms with Crippen LogP contribution in [-0.2, 0) is 5.41 Å². The standard InChI is InChI=1S/C16H22OS2/c1-11-15(19-10-9-18-11)14(17)12-5-7-13(8-6-12)16(2,3)4/h5-8,11,15H,9-10H2,1-4H3. The van der Waals surface area contributed by atoms with E-state index in [0.29, 0.717) is 11.0 Å². The van der Waals surface area contributed by atoms with Crippen molar-refractivity contribution in [1.82, 2.24) is 0 Å². The second-order valence-electron chi connectivity index (χ2n) is 6.06. The number of carbonyl (C=O) groups is 1. The first kappa shape index (κ1) is 15.0. The largest absolute Gasteiger partial charge is 0.293 e. The Labute approximate surface area is 124 Å². The molecule has 0 aliphatic carbocycles. The molecule has 104 valence electrons. The van der Waals surface area contributed by atoms with Gasteiger partial charge in [-0.1, -0.05) is 52.0 Å². The van der Waals surface area contributed by atoms with E-state index in [-0.39, 0.29) is 10.7 Å². The number of benzene rings is 1. The molecule has 2 rings (SSSR count). The Kier molecular flexibility index (Phi) is 4.67. The van der Waals surface area contributed by atoms with Crippen molar-refractivity contribution in [2.75, 3.05) is 11.5 Å². The second kappa shape index (κ2) is 5.92. The van der Waals surface area contributed by atoms with Crippen LogP contribution in [0.2, 0.25) is 0 Å².